The fraction of sp³-hybridized carbons (Fsp3) is 0.158. The van der Waals surface area contributed by atoms with Gasteiger partial charge in [-0.15, -0.1) is 0 Å². The molecule has 0 bridgehead atoms. The number of pyridine rings is 1. The number of rotatable bonds is 5. The smallest absolute Gasteiger partial charge is 0.241 e. The number of nitrogens with zero attached hydrogens (tertiary/aromatic N) is 1. The van der Waals surface area contributed by atoms with Gasteiger partial charge in [0, 0.05) is 11.6 Å². The Bertz CT molecular complexity index is 1070. The Kier molecular flexibility index (Phi) is 5.01. The maximum absolute atomic E-state index is 12.5. The molecule has 3 rings (SSSR count). The molecule has 1 amide bonds. The fourth-order valence-electron chi connectivity index (χ4n) is 2.63. The van der Waals surface area contributed by atoms with E-state index in [2.05, 4.69) is 15.0 Å². The molecule has 0 aliphatic heterocycles. The standard InChI is InChI=1S/C19H19N3O3S/c1-13-8-9-14(2)17(11-13)26(24,25)21-12-18(23)22-16-7-3-5-15-6-4-10-20-19(15)16/h3-11,21H,12H2,1-2H3,(H,22,23). The van der Waals surface area contributed by atoms with Crippen molar-refractivity contribution in [2.75, 3.05) is 11.9 Å². The summed E-state index contributed by atoms with van der Waals surface area (Å²) in [7, 11) is -3.77. The normalized spacial score (nSPS) is 11.5. The minimum atomic E-state index is -3.77. The molecule has 0 saturated carbocycles. The van der Waals surface area contributed by atoms with Gasteiger partial charge in [0.15, 0.2) is 0 Å². The Labute approximate surface area is 152 Å². The molecule has 0 radical (unpaired) electrons. The number of aryl methyl sites for hydroxylation is 2. The number of carbonyl (C=O) groups is 1. The Morgan fingerprint density at radius 2 is 1.85 bits per heavy atom. The van der Waals surface area contributed by atoms with E-state index in [1.807, 2.05) is 31.2 Å². The molecule has 0 spiro atoms. The van der Waals surface area contributed by atoms with Crippen LogP contribution in [0, 0.1) is 13.8 Å². The second-order valence-corrected chi connectivity index (χ2v) is 7.76. The predicted molar refractivity (Wildman–Crippen MR) is 101 cm³/mol. The first-order valence-electron chi connectivity index (χ1n) is 8.07. The van der Waals surface area contributed by atoms with Gasteiger partial charge in [-0.05, 0) is 43.2 Å². The molecule has 3 aromatic rings. The minimum absolute atomic E-state index is 0.178. The van der Waals surface area contributed by atoms with E-state index in [0.29, 0.717) is 16.8 Å². The monoisotopic (exact) mass is 369 g/mol. The largest absolute Gasteiger partial charge is 0.323 e. The number of benzene rings is 2. The molecule has 2 aromatic carbocycles. The lowest BCUT2D eigenvalue weighted by Gasteiger charge is -2.11. The molecule has 134 valence electrons. The molecule has 0 atom stereocenters. The van der Waals surface area contributed by atoms with Crippen LogP contribution in [0.4, 0.5) is 5.69 Å². The number of hydrogen-bond donors (Lipinski definition) is 2. The van der Waals surface area contributed by atoms with Crippen LogP contribution >= 0.6 is 0 Å². The maximum Gasteiger partial charge on any atom is 0.241 e. The number of aromatic nitrogens is 1. The van der Waals surface area contributed by atoms with Crippen molar-refractivity contribution in [2.45, 2.75) is 18.7 Å². The zero-order valence-electron chi connectivity index (χ0n) is 14.5. The van der Waals surface area contributed by atoms with Gasteiger partial charge in [-0.25, -0.2) is 13.1 Å². The van der Waals surface area contributed by atoms with Gasteiger partial charge < -0.3 is 5.32 Å². The van der Waals surface area contributed by atoms with Crippen LogP contribution in [0.2, 0.25) is 0 Å². The van der Waals surface area contributed by atoms with E-state index in [9.17, 15) is 13.2 Å². The van der Waals surface area contributed by atoms with Crippen molar-refractivity contribution in [3.8, 4) is 0 Å². The van der Waals surface area contributed by atoms with Gasteiger partial charge in [-0.2, -0.15) is 0 Å². The summed E-state index contributed by atoms with van der Waals surface area (Å²) in [4.78, 5) is 16.7. The van der Waals surface area contributed by atoms with E-state index in [0.717, 1.165) is 10.9 Å². The molecule has 26 heavy (non-hydrogen) atoms. The summed E-state index contributed by atoms with van der Waals surface area (Å²) >= 11 is 0. The Morgan fingerprint density at radius 1 is 1.08 bits per heavy atom. The Morgan fingerprint density at radius 3 is 2.65 bits per heavy atom. The van der Waals surface area contributed by atoms with E-state index in [-0.39, 0.29) is 11.4 Å². The minimum Gasteiger partial charge on any atom is -0.323 e. The first-order chi connectivity index (χ1) is 12.4. The van der Waals surface area contributed by atoms with Gasteiger partial charge in [0.05, 0.1) is 22.6 Å². The molecule has 7 heteroatoms. The molecule has 0 fully saturated rings. The molecular formula is C19H19N3O3S. The highest BCUT2D eigenvalue weighted by Gasteiger charge is 2.18. The van der Waals surface area contributed by atoms with Gasteiger partial charge in [-0.3, -0.25) is 9.78 Å². The summed E-state index contributed by atoms with van der Waals surface area (Å²) < 4.78 is 27.3. The molecule has 0 aliphatic carbocycles. The van der Waals surface area contributed by atoms with Crippen LogP contribution in [0.15, 0.2) is 59.6 Å². The number of anilines is 1. The first kappa shape index (κ1) is 18.0. The zero-order chi connectivity index (χ0) is 18.7. The van der Waals surface area contributed by atoms with E-state index < -0.39 is 15.9 Å². The summed E-state index contributed by atoms with van der Waals surface area (Å²) in [6, 6.07) is 14.3. The van der Waals surface area contributed by atoms with Crippen LogP contribution < -0.4 is 10.0 Å². The molecule has 1 aromatic heterocycles. The van der Waals surface area contributed by atoms with Crippen molar-refractivity contribution in [2.24, 2.45) is 0 Å². The SMILES string of the molecule is Cc1ccc(C)c(S(=O)(=O)NCC(=O)Nc2cccc3cccnc23)c1. The maximum atomic E-state index is 12.5. The third kappa shape index (κ3) is 3.89. The van der Waals surface area contributed by atoms with Crippen molar-refractivity contribution >= 4 is 32.5 Å². The number of sulfonamides is 1. The van der Waals surface area contributed by atoms with E-state index in [1.165, 1.54) is 0 Å². The number of carbonyl (C=O) groups excluding carboxylic acids is 1. The Hall–Kier alpha value is -2.77. The predicted octanol–water partition coefficient (Wildman–Crippen LogP) is 2.77. The molecule has 0 unspecified atom stereocenters. The summed E-state index contributed by atoms with van der Waals surface area (Å²) in [5, 5.41) is 3.60. The molecule has 0 aliphatic rings. The van der Waals surface area contributed by atoms with Crippen molar-refractivity contribution in [1.82, 2.24) is 9.71 Å². The molecular weight excluding hydrogens is 350 g/mol. The first-order valence-corrected chi connectivity index (χ1v) is 9.56. The summed E-state index contributed by atoms with van der Waals surface area (Å²) in [6.07, 6.45) is 1.64. The van der Waals surface area contributed by atoms with E-state index in [4.69, 9.17) is 0 Å². The van der Waals surface area contributed by atoms with Crippen LogP contribution in [0.5, 0.6) is 0 Å². The highest BCUT2D eigenvalue weighted by atomic mass is 32.2. The topological polar surface area (TPSA) is 88.2 Å². The van der Waals surface area contributed by atoms with Crippen molar-refractivity contribution in [3.05, 3.63) is 65.9 Å². The molecule has 1 heterocycles. The number of fused-ring (bicyclic) bond motifs is 1. The average Bonchev–Trinajstić information content (AvgIpc) is 2.62. The molecule has 0 saturated heterocycles. The number of amides is 1. The van der Waals surface area contributed by atoms with Gasteiger partial charge in [0.1, 0.15) is 0 Å². The number of para-hydroxylation sites is 1. The van der Waals surface area contributed by atoms with Crippen molar-refractivity contribution < 1.29 is 13.2 Å². The summed E-state index contributed by atoms with van der Waals surface area (Å²) in [5.41, 5.74) is 2.66. The second-order valence-electron chi connectivity index (χ2n) is 6.02. The summed E-state index contributed by atoms with van der Waals surface area (Å²) in [5.74, 6) is -0.461. The quantitative estimate of drug-likeness (QED) is 0.724. The van der Waals surface area contributed by atoms with Crippen LogP contribution in [-0.4, -0.2) is 25.9 Å². The lowest BCUT2D eigenvalue weighted by molar-refractivity contribution is -0.115. The molecule has 6 nitrogen and oxygen atoms in total. The van der Waals surface area contributed by atoms with E-state index in [1.54, 1.807) is 37.4 Å². The van der Waals surface area contributed by atoms with Crippen molar-refractivity contribution in [1.29, 1.82) is 0 Å². The number of hydrogen-bond acceptors (Lipinski definition) is 4. The van der Waals surface area contributed by atoms with Gasteiger partial charge in [0.25, 0.3) is 0 Å². The van der Waals surface area contributed by atoms with Crippen LogP contribution in [0.25, 0.3) is 10.9 Å². The lowest BCUT2D eigenvalue weighted by Crippen LogP contribution is -2.33. The van der Waals surface area contributed by atoms with Gasteiger partial charge in [-0.1, -0.05) is 30.3 Å². The average molecular weight is 369 g/mol. The molecule has 2 N–H and O–H groups in total. The zero-order valence-corrected chi connectivity index (χ0v) is 15.3. The highest BCUT2D eigenvalue weighted by Crippen LogP contribution is 2.20. The third-order valence-electron chi connectivity index (χ3n) is 3.96. The van der Waals surface area contributed by atoms with Crippen LogP contribution in [0.1, 0.15) is 11.1 Å². The Balaban J connectivity index is 1.73. The van der Waals surface area contributed by atoms with Crippen molar-refractivity contribution in [3.63, 3.8) is 0 Å². The van der Waals surface area contributed by atoms with Crippen LogP contribution in [-0.2, 0) is 14.8 Å². The highest BCUT2D eigenvalue weighted by molar-refractivity contribution is 7.89. The van der Waals surface area contributed by atoms with Gasteiger partial charge in [0.2, 0.25) is 15.9 Å². The third-order valence-corrected chi connectivity index (χ3v) is 5.51. The second kappa shape index (κ2) is 7.23. The van der Waals surface area contributed by atoms with E-state index >= 15 is 0 Å². The summed E-state index contributed by atoms with van der Waals surface area (Å²) in [6.45, 7) is 3.17. The lowest BCUT2D eigenvalue weighted by atomic mass is 10.2. The van der Waals surface area contributed by atoms with Crippen LogP contribution in [0.3, 0.4) is 0 Å². The fourth-order valence-corrected chi connectivity index (χ4v) is 3.94. The van der Waals surface area contributed by atoms with Gasteiger partial charge >= 0.3 is 0 Å². The number of nitrogens with one attached hydrogen (secondary N) is 2.